The molecule has 1 nitrogen and oxygen atoms in total. The first-order chi connectivity index (χ1) is 16.4. The number of aliphatic hydroxyl groups is 1. The molecule has 0 spiro atoms. The molecule has 2 aromatic rings. The lowest BCUT2D eigenvalue weighted by Crippen LogP contribution is -2.27. The Hall–Kier alpha value is -1.17. The van der Waals surface area contributed by atoms with Crippen molar-refractivity contribution in [3.63, 3.8) is 0 Å². The third kappa shape index (κ3) is 5.63. The monoisotopic (exact) mass is 478 g/mol. The molecule has 0 aliphatic heterocycles. The molecule has 2 saturated carbocycles. The van der Waals surface area contributed by atoms with Crippen molar-refractivity contribution in [2.45, 2.75) is 128 Å². The van der Waals surface area contributed by atoms with Crippen LogP contribution in [0.5, 0.6) is 0 Å². The highest BCUT2D eigenvalue weighted by Gasteiger charge is 2.34. The van der Waals surface area contributed by atoms with Crippen molar-refractivity contribution in [3.05, 3.63) is 53.1 Å². The van der Waals surface area contributed by atoms with Crippen LogP contribution in [0.1, 0.15) is 133 Å². The number of rotatable bonds is 7. The molecule has 34 heavy (non-hydrogen) atoms. The van der Waals surface area contributed by atoms with Gasteiger partial charge in [-0.1, -0.05) is 111 Å². The minimum Gasteiger partial charge on any atom is -0.389 e. The maximum Gasteiger partial charge on any atom is 0.0768 e. The van der Waals surface area contributed by atoms with E-state index < -0.39 is 6.10 Å². The molecule has 0 amide bonds. The maximum absolute atomic E-state index is 11.0. The van der Waals surface area contributed by atoms with Crippen LogP contribution in [0.4, 0.5) is 0 Å². The van der Waals surface area contributed by atoms with Gasteiger partial charge < -0.3 is 5.11 Å². The van der Waals surface area contributed by atoms with E-state index in [0.29, 0.717) is 11.8 Å². The summed E-state index contributed by atoms with van der Waals surface area (Å²) in [5.74, 6) is 0.885. The molecule has 1 N–H and O–H groups in total. The van der Waals surface area contributed by atoms with Crippen LogP contribution in [0, 0.1) is 0 Å². The average molecular weight is 479 g/mol. The number of aliphatic hydroxyl groups excluding tert-OH is 1. The third-order valence-corrected chi connectivity index (χ3v) is 11.9. The zero-order valence-electron chi connectivity index (χ0n) is 22.3. The summed E-state index contributed by atoms with van der Waals surface area (Å²) in [6.07, 6.45) is 13.7. The summed E-state index contributed by atoms with van der Waals surface area (Å²) in [6, 6.07) is 14.1. The second-order valence-corrected chi connectivity index (χ2v) is 14.3. The zero-order chi connectivity index (χ0) is 24.2. The highest BCUT2D eigenvalue weighted by atomic mass is 31.1. The molecule has 2 aliphatic carbocycles. The molecule has 186 valence electrons. The van der Waals surface area contributed by atoms with Crippen molar-refractivity contribution in [2.75, 3.05) is 0 Å². The lowest BCUT2D eigenvalue weighted by atomic mass is 9.83. The van der Waals surface area contributed by atoms with Crippen LogP contribution in [-0.4, -0.2) is 16.4 Å². The molecule has 0 heterocycles. The largest absolute Gasteiger partial charge is 0.389 e. The average Bonchev–Trinajstić information content (AvgIpc) is 2.85. The smallest absolute Gasteiger partial charge is 0.0768 e. The molecule has 1 unspecified atom stereocenters. The van der Waals surface area contributed by atoms with E-state index in [-0.39, 0.29) is 7.92 Å². The highest BCUT2D eigenvalue weighted by molar-refractivity contribution is 7.67. The van der Waals surface area contributed by atoms with Crippen LogP contribution < -0.4 is 5.30 Å². The first-order valence-electron chi connectivity index (χ1n) is 14.1. The van der Waals surface area contributed by atoms with Gasteiger partial charge in [0.05, 0.1) is 6.10 Å². The predicted octanol–water partition coefficient (Wildman–Crippen LogP) is 9.43. The van der Waals surface area contributed by atoms with Crippen molar-refractivity contribution in [1.82, 2.24) is 0 Å². The second-order valence-electron chi connectivity index (χ2n) is 11.6. The molecular formula is C32H47OP. The Morgan fingerprint density at radius 3 is 1.74 bits per heavy atom. The standard InChI is InChI=1S/C32H47OP/c1-22(2)25-20-29(23(3)4)32(30(21-25)24(5)33)28-18-12-13-19-31(28)34(26-14-8-6-9-15-26)27-16-10-7-11-17-27/h12-13,18-24,26-27,33H,6-11,14-17H2,1-5H3. The molecule has 2 aromatic carbocycles. The van der Waals surface area contributed by atoms with E-state index in [1.807, 2.05) is 6.92 Å². The number of benzene rings is 2. The van der Waals surface area contributed by atoms with E-state index in [2.05, 4.69) is 64.1 Å². The Labute approximate surface area is 210 Å². The van der Waals surface area contributed by atoms with Crippen molar-refractivity contribution in [3.8, 4) is 11.1 Å². The Balaban J connectivity index is 1.91. The summed E-state index contributed by atoms with van der Waals surface area (Å²) in [5, 5.41) is 12.6. The summed E-state index contributed by atoms with van der Waals surface area (Å²) >= 11 is 0. The molecule has 2 heteroatoms. The van der Waals surface area contributed by atoms with Crippen molar-refractivity contribution in [1.29, 1.82) is 0 Å². The summed E-state index contributed by atoms with van der Waals surface area (Å²) < 4.78 is 0. The second kappa shape index (κ2) is 11.7. The predicted molar refractivity (Wildman–Crippen MR) is 151 cm³/mol. The van der Waals surface area contributed by atoms with Gasteiger partial charge in [0.2, 0.25) is 0 Å². The topological polar surface area (TPSA) is 20.2 Å². The lowest BCUT2D eigenvalue weighted by molar-refractivity contribution is 0.199. The highest BCUT2D eigenvalue weighted by Crippen LogP contribution is 2.56. The fourth-order valence-electron chi connectivity index (χ4n) is 6.46. The summed E-state index contributed by atoms with van der Waals surface area (Å²) in [6.45, 7) is 11.1. The molecule has 0 aromatic heterocycles. The summed E-state index contributed by atoms with van der Waals surface area (Å²) in [7, 11) is -0.202. The third-order valence-electron chi connectivity index (χ3n) is 8.35. The van der Waals surface area contributed by atoms with Gasteiger partial charge in [-0.3, -0.25) is 0 Å². The molecule has 1 atom stereocenters. The lowest BCUT2D eigenvalue weighted by Gasteiger charge is -2.40. The Kier molecular flexibility index (Phi) is 8.92. The van der Waals surface area contributed by atoms with Gasteiger partial charge in [0.1, 0.15) is 0 Å². The van der Waals surface area contributed by atoms with Gasteiger partial charge in [0.25, 0.3) is 0 Å². The minimum atomic E-state index is -0.463. The maximum atomic E-state index is 11.0. The van der Waals surface area contributed by atoms with Crippen LogP contribution in [0.2, 0.25) is 0 Å². The molecule has 4 rings (SSSR count). The first-order valence-corrected chi connectivity index (χ1v) is 15.6. The van der Waals surface area contributed by atoms with Crippen molar-refractivity contribution < 1.29 is 5.11 Å². The van der Waals surface area contributed by atoms with Gasteiger partial charge in [0, 0.05) is 0 Å². The van der Waals surface area contributed by atoms with Gasteiger partial charge in [0.15, 0.2) is 0 Å². The molecular weight excluding hydrogens is 431 g/mol. The zero-order valence-corrected chi connectivity index (χ0v) is 23.2. The van der Waals surface area contributed by atoms with Crippen molar-refractivity contribution >= 4 is 13.2 Å². The SMILES string of the molecule is CC(C)c1cc(C(C)C)c(-c2ccccc2P(C2CCCCC2)C2CCCCC2)c(C(C)O)c1. The Bertz CT molecular complexity index is 885. The first kappa shape index (κ1) is 25.9. The minimum absolute atomic E-state index is 0.202. The Morgan fingerprint density at radius 2 is 1.24 bits per heavy atom. The van der Waals surface area contributed by atoms with E-state index in [1.54, 1.807) is 5.30 Å². The van der Waals surface area contributed by atoms with E-state index in [1.165, 1.54) is 86.5 Å². The summed E-state index contributed by atoms with van der Waals surface area (Å²) in [5.41, 5.74) is 8.41. The van der Waals surface area contributed by atoms with Gasteiger partial charge in [-0.2, -0.15) is 0 Å². The van der Waals surface area contributed by atoms with Gasteiger partial charge in [-0.15, -0.1) is 0 Å². The molecule has 0 bridgehead atoms. The molecule has 2 fully saturated rings. The van der Waals surface area contributed by atoms with E-state index >= 15 is 0 Å². The van der Waals surface area contributed by atoms with Gasteiger partial charge in [-0.05, 0) is 88.9 Å². The molecule has 0 radical (unpaired) electrons. The fraction of sp³-hybridized carbons (Fsp3) is 0.625. The van der Waals surface area contributed by atoms with Crippen LogP contribution in [0.15, 0.2) is 36.4 Å². The normalized spacial score (nSPS) is 19.3. The quantitative estimate of drug-likeness (QED) is 0.393. The van der Waals surface area contributed by atoms with Crippen LogP contribution in [0.3, 0.4) is 0 Å². The van der Waals surface area contributed by atoms with Crippen LogP contribution in [0.25, 0.3) is 11.1 Å². The van der Waals surface area contributed by atoms with Crippen LogP contribution >= 0.6 is 7.92 Å². The molecule has 0 saturated heterocycles. The van der Waals surface area contributed by atoms with Gasteiger partial charge >= 0.3 is 0 Å². The van der Waals surface area contributed by atoms with E-state index in [9.17, 15) is 5.11 Å². The van der Waals surface area contributed by atoms with E-state index in [0.717, 1.165) is 16.9 Å². The van der Waals surface area contributed by atoms with Crippen LogP contribution in [-0.2, 0) is 0 Å². The van der Waals surface area contributed by atoms with E-state index in [4.69, 9.17) is 0 Å². The van der Waals surface area contributed by atoms with Crippen molar-refractivity contribution in [2.24, 2.45) is 0 Å². The van der Waals surface area contributed by atoms with Gasteiger partial charge in [-0.25, -0.2) is 0 Å². The number of hydrogen-bond donors (Lipinski definition) is 1. The fourth-order valence-corrected chi connectivity index (χ4v) is 10.4. The Morgan fingerprint density at radius 1 is 0.706 bits per heavy atom. The number of hydrogen-bond acceptors (Lipinski definition) is 1. The summed E-state index contributed by atoms with van der Waals surface area (Å²) in [4.78, 5) is 0. The molecule has 2 aliphatic rings.